The standard InChI is InChI=1S/C20H19F2NO4/c21-16-6-5-13(11-17(16)22)12-23(9-7-19(24)25)20(26)15-8-10-27-18-4-2-1-3-14(15)18/h1-6,11,15H,7-10,12H2,(H,24,25)/t15-/m1/s1. The lowest BCUT2D eigenvalue weighted by atomic mass is 9.91. The second-order valence-corrected chi connectivity index (χ2v) is 6.38. The molecule has 27 heavy (non-hydrogen) atoms. The number of hydrogen-bond donors (Lipinski definition) is 1. The fourth-order valence-corrected chi connectivity index (χ4v) is 3.18. The molecule has 0 radical (unpaired) electrons. The molecule has 1 amide bonds. The van der Waals surface area contributed by atoms with Gasteiger partial charge in [0.05, 0.1) is 18.9 Å². The minimum absolute atomic E-state index is 0.00281. The monoisotopic (exact) mass is 375 g/mol. The van der Waals surface area contributed by atoms with Gasteiger partial charge in [-0.2, -0.15) is 0 Å². The van der Waals surface area contributed by atoms with E-state index in [-0.39, 0.29) is 25.4 Å². The smallest absolute Gasteiger partial charge is 0.305 e. The van der Waals surface area contributed by atoms with E-state index in [1.165, 1.54) is 11.0 Å². The molecular formula is C20H19F2NO4. The molecule has 2 aromatic carbocycles. The molecule has 142 valence electrons. The molecule has 2 aromatic rings. The normalized spacial score (nSPS) is 15.6. The third-order valence-electron chi connectivity index (χ3n) is 4.52. The summed E-state index contributed by atoms with van der Waals surface area (Å²) in [5.41, 5.74) is 1.15. The van der Waals surface area contributed by atoms with Crippen LogP contribution in [-0.4, -0.2) is 35.0 Å². The molecule has 1 aliphatic heterocycles. The van der Waals surface area contributed by atoms with E-state index in [9.17, 15) is 18.4 Å². The Kier molecular flexibility index (Phi) is 5.69. The number of carbonyl (C=O) groups excluding carboxylic acids is 1. The predicted molar refractivity (Wildman–Crippen MR) is 93.3 cm³/mol. The largest absolute Gasteiger partial charge is 0.493 e. The highest BCUT2D eigenvalue weighted by molar-refractivity contribution is 5.85. The van der Waals surface area contributed by atoms with Crippen LogP contribution in [0.15, 0.2) is 42.5 Å². The first-order valence-corrected chi connectivity index (χ1v) is 8.62. The van der Waals surface area contributed by atoms with Gasteiger partial charge in [-0.25, -0.2) is 8.78 Å². The number of halogens is 2. The van der Waals surface area contributed by atoms with Crippen molar-refractivity contribution < 1.29 is 28.2 Å². The summed E-state index contributed by atoms with van der Waals surface area (Å²) in [6.45, 7) is 0.362. The Morgan fingerprint density at radius 3 is 2.67 bits per heavy atom. The summed E-state index contributed by atoms with van der Waals surface area (Å²) in [6.07, 6.45) is 0.234. The summed E-state index contributed by atoms with van der Waals surface area (Å²) in [5, 5.41) is 8.99. The Morgan fingerprint density at radius 2 is 1.93 bits per heavy atom. The van der Waals surface area contributed by atoms with E-state index in [0.717, 1.165) is 17.7 Å². The van der Waals surface area contributed by atoms with E-state index in [2.05, 4.69) is 0 Å². The number of amides is 1. The third-order valence-corrected chi connectivity index (χ3v) is 4.52. The van der Waals surface area contributed by atoms with Crippen LogP contribution < -0.4 is 4.74 Å². The lowest BCUT2D eigenvalue weighted by Gasteiger charge is -2.31. The van der Waals surface area contributed by atoms with Crippen molar-refractivity contribution in [2.75, 3.05) is 13.2 Å². The lowest BCUT2D eigenvalue weighted by molar-refractivity contribution is -0.139. The zero-order valence-corrected chi connectivity index (χ0v) is 14.5. The minimum Gasteiger partial charge on any atom is -0.493 e. The van der Waals surface area contributed by atoms with Crippen LogP contribution >= 0.6 is 0 Å². The van der Waals surface area contributed by atoms with Gasteiger partial charge in [0.15, 0.2) is 11.6 Å². The Balaban J connectivity index is 1.85. The Bertz CT molecular complexity index is 856. The van der Waals surface area contributed by atoms with Crippen molar-refractivity contribution in [1.29, 1.82) is 0 Å². The van der Waals surface area contributed by atoms with E-state index >= 15 is 0 Å². The molecule has 0 aliphatic carbocycles. The van der Waals surface area contributed by atoms with Crippen LogP contribution in [0.1, 0.15) is 29.9 Å². The molecule has 0 fully saturated rings. The van der Waals surface area contributed by atoms with Crippen LogP contribution in [0.25, 0.3) is 0 Å². The molecule has 3 rings (SSSR count). The fraction of sp³-hybridized carbons (Fsp3) is 0.300. The number of ether oxygens (including phenoxy) is 1. The average Bonchev–Trinajstić information content (AvgIpc) is 2.66. The second-order valence-electron chi connectivity index (χ2n) is 6.38. The maximum Gasteiger partial charge on any atom is 0.305 e. The number of carbonyl (C=O) groups is 2. The summed E-state index contributed by atoms with van der Waals surface area (Å²) < 4.78 is 32.2. The molecule has 1 aliphatic rings. The predicted octanol–water partition coefficient (Wildman–Crippen LogP) is 3.33. The van der Waals surface area contributed by atoms with E-state index < -0.39 is 23.5 Å². The molecular weight excluding hydrogens is 356 g/mol. The highest BCUT2D eigenvalue weighted by Crippen LogP contribution is 2.35. The molecule has 1 N–H and O–H groups in total. The van der Waals surface area contributed by atoms with E-state index in [1.807, 2.05) is 18.2 Å². The summed E-state index contributed by atoms with van der Waals surface area (Å²) in [4.78, 5) is 25.5. The van der Waals surface area contributed by atoms with Crippen LogP contribution in [0.2, 0.25) is 0 Å². The van der Waals surface area contributed by atoms with Crippen molar-refractivity contribution >= 4 is 11.9 Å². The quantitative estimate of drug-likeness (QED) is 0.841. The van der Waals surface area contributed by atoms with E-state index in [0.29, 0.717) is 24.3 Å². The van der Waals surface area contributed by atoms with Gasteiger partial charge in [-0.15, -0.1) is 0 Å². The topological polar surface area (TPSA) is 66.8 Å². The first-order chi connectivity index (χ1) is 13.0. The minimum atomic E-state index is -1.04. The van der Waals surface area contributed by atoms with Crippen molar-refractivity contribution in [2.24, 2.45) is 0 Å². The Hall–Kier alpha value is -2.96. The number of hydrogen-bond acceptors (Lipinski definition) is 3. The molecule has 0 bridgehead atoms. The summed E-state index contributed by atoms with van der Waals surface area (Å²) in [7, 11) is 0. The number of benzene rings is 2. The lowest BCUT2D eigenvalue weighted by Crippen LogP contribution is -2.38. The maximum absolute atomic E-state index is 13.5. The van der Waals surface area contributed by atoms with Crippen LogP contribution in [0.5, 0.6) is 5.75 Å². The second kappa shape index (κ2) is 8.16. The summed E-state index contributed by atoms with van der Waals surface area (Å²) in [5.74, 6) is -3.10. The van der Waals surface area contributed by atoms with Crippen molar-refractivity contribution in [1.82, 2.24) is 4.90 Å². The van der Waals surface area contributed by atoms with Gasteiger partial charge >= 0.3 is 5.97 Å². The highest BCUT2D eigenvalue weighted by atomic mass is 19.2. The van der Waals surface area contributed by atoms with Gasteiger partial charge < -0.3 is 14.7 Å². The Morgan fingerprint density at radius 1 is 1.15 bits per heavy atom. The molecule has 7 heteroatoms. The van der Waals surface area contributed by atoms with E-state index in [4.69, 9.17) is 9.84 Å². The van der Waals surface area contributed by atoms with Crippen LogP contribution in [0, 0.1) is 11.6 Å². The van der Waals surface area contributed by atoms with Gasteiger partial charge in [-0.3, -0.25) is 9.59 Å². The van der Waals surface area contributed by atoms with Gasteiger partial charge in [0, 0.05) is 18.7 Å². The molecule has 0 spiro atoms. The first kappa shape index (κ1) is 18.8. The number of fused-ring (bicyclic) bond motifs is 1. The zero-order chi connectivity index (χ0) is 19.4. The summed E-state index contributed by atoms with van der Waals surface area (Å²) in [6, 6.07) is 10.6. The summed E-state index contributed by atoms with van der Waals surface area (Å²) >= 11 is 0. The molecule has 1 heterocycles. The number of aliphatic carboxylic acids is 1. The average molecular weight is 375 g/mol. The van der Waals surface area contributed by atoms with Crippen molar-refractivity contribution in [3.05, 3.63) is 65.2 Å². The van der Waals surface area contributed by atoms with Crippen LogP contribution in [-0.2, 0) is 16.1 Å². The fourth-order valence-electron chi connectivity index (χ4n) is 3.18. The third kappa shape index (κ3) is 4.42. The first-order valence-electron chi connectivity index (χ1n) is 8.62. The van der Waals surface area contributed by atoms with Gasteiger partial charge in [0.1, 0.15) is 5.75 Å². The molecule has 1 atom stereocenters. The number of nitrogens with zero attached hydrogens (tertiary/aromatic N) is 1. The SMILES string of the molecule is O=C(O)CCN(Cc1ccc(F)c(F)c1)C(=O)[C@@H]1CCOc2ccccc21. The van der Waals surface area contributed by atoms with E-state index in [1.54, 1.807) is 6.07 Å². The molecule has 0 saturated carbocycles. The number of rotatable bonds is 6. The van der Waals surface area contributed by atoms with Gasteiger partial charge in [-0.05, 0) is 30.2 Å². The number of carboxylic acids is 1. The molecule has 0 saturated heterocycles. The maximum atomic E-state index is 13.5. The molecule has 0 unspecified atom stereocenters. The zero-order valence-electron chi connectivity index (χ0n) is 14.5. The highest BCUT2D eigenvalue weighted by Gasteiger charge is 2.31. The number of carboxylic acid groups (broad SMARTS) is 1. The van der Waals surface area contributed by atoms with Crippen molar-refractivity contribution in [3.63, 3.8) is 0 Å². The number of para-hydroxylation sites is 1. The molecule has 0 aromatic heterocycles. The van der Waals surface area contributed by atoms with Crippen LogP contribution in [0.3, 0.4) is 0 Å². The van der Waals surface area contributed by atoms with Crippen molar-refractivity contribution in [3.8, 4) is 5.75 Å². The van der Waals surface area contributed by atoms with Crippen molar-refractivity contribution in [2.45, 2.75) is 25.3 Å². The van der Waals surface area contributed by atoms with Gasteiger partial charge in [0.25, 0.3) is 0 Å². The van der Waals surface area contributed by atoms with Gasteiger partial charge in [-0.1, -0.05) is 24.3 Å². The van der Waals surface area contributed by atoms with Crippen LogP contribution in [0.4, 0.5) is 8.78 Å². The Labute approximate surface area is 155 Å². The van der Waals surface area contributed by atoms with Gasteiger partial charge in [0.2, 0.25) is 5.91 Å². The molecule has 5 nitrogen and oxygen atoms in total.